The van der Waals surface area contributed by atoms with Crippen molar-refractivity contribution < 1.29 is 14.3 Å². The number of rotatable bonds is 5. The number of esters is 1. The lowest BCUT2D eigenvalue weighted by molar-refractivity contribution is 0.0299. The maximum atomic E-state index is 11.9. The first-order valence-corrected chi connectivity index (χ1v) is 6.01. The number of benzene rings is 1. The van der Waals surface area contributed by atoms with Gasteiger partial charge >= 0.3 is 5.97 Å². The van der Waals surface area contributed by atoms with Crippen LogP contribution < -0.4 is 4.74 Å². The Morgan fingerprint density at radius 3 is 2.68 bits per heavy atom. The maximum absolute atomic E-state index is 11.9. The number of nitrogens with zero attached hydrogens (tertiary/aromatic N) is 2. The van der Waals surface area contributed by atoms with Gasteiger partial charge in [0.15, 0.2) is 0 Å². The molecular weight excluding hydrogens is 244 g/mol. The molecule has 0 N–H and O–H groups in total. The summed E-state index contributed by atoms with van der Waals surface area (Å²) < 4.78 is 12.1. The Balaban J connectivity index is 1.92. The molecule has 0 unspecified atom stereocenters. The van der Waals surface area contributed by atoms with E-state index in [9.17, 15) is 4.79 Å². The highest BCUT2D eigenvalue weighted by atomic mass is 16.5. The van der Waals surface area contributed by atoms with Crippen molar-refractivity contribution >= 4 is 5.97 Å². The number of hydrogen-bond donors (Lipinski definition) is 0. The summed E-state index contributed by atoms with van der Waals surface area (Å²) in [5, 5.41) is 4.07. The molecule has 19 heavy (non-hydrogen) atoms. The molecular formula is C14H16N2O3. The SMILES string of the molecule is COc1ccc(C(=O)O[C@H](C)Cn2cccn2)cc1. The molecule has 2 rings (SSSR count). The minimum atomic E-state index is -0.345. The maximum Gasteiger partial charge on any atom is 0.338 e. The van der Waals surface area contributed by atoms with E-state index >= 15 is 0 Å². The van der Waals surface area contributed by atoms with Crippen LogP contribution in [0.15, 0.2) is 42.7 Å². The van der Waals surface area contributed by atoms with Gasteiger partial charge < -0.3 is 9.47 Å². The molecule has 5 nitrogen and oxygen atoms in total. The average Bonchev–Trinajstić information content (AvgIpc) is 2.91. The van der Waals surface area contributed by atoms with E-state index in [4.69, 9.17) is 9.47 Å². The number of aromatic nitrogens is 2. The summed E-state index contributed by atoms with van der Waals surface area (Å²) in [5.41, 5.74) is 0.508. The summed E-state index contributed by atoms with van der Waals surface area (Å²) >= 11 is 0. The number of ether oxygens (including phenoxy) is 2. The van der Waals surface area contributed by atoms with Gasteiger partial charge in [-0.25, -0.2) is 4.79 Å². The third kappa shape index (κ3) is 3.58. The van der Waals surface area contributed by atoms with E-state index in [-0.39, 0.29) is 12.1 Å². The number of carbonyl (C=O) groups is 1. The fraction of sp³-hybridized carbons (Fsp3) is 0.286. The summed E-state index contributed by atoms with van der Waals surface area (Å²) in [6.07, 6.45) is 3.28. The van der Waals surface area contributed by atoms with Crippen molar-refractivity contribution in [3.05, 3.63) is 48.3 Å². The first-order chi connectivity index (χ1) is 9.19. The molecule has 0 aliphatic carbocycles. The van der Waals surface area contributed by atoms with Crippen LogP contribution in [0.2, 0.25) is 0 Å². The van der Waals surface area contributed by atoms with Crippen molar-refractivity contribution in [3.63, 3.8) is 0 Å². The fourth-order valence-electron chi connectivity index (χ4n) is 1.69. The van der Waals surface area contributed by atoms with E-state index in [0.29, 0.717) is 17.9 Å². The van der Waals surface area contributed by atoms with Gasteiger partial charge in [0.2, 0.25) is 0 Å². The quantitative estimate of drug-likeness (QED) is 0.773. The van der Waals surface area contributed by atoms with E-state index in [0.717, 1.165) is 0 Å². The van der Waals surface area contributed by atoms with E-state index in [1.54, 1.807) is 42.3 Å². The Morgan fingerprint density at radius 2 is 2.11 bits per heavy atom. The molecule has 0 aliphatic rings. The molecule has 0 bridgehead atoms. The lowest BCUT2D eigenvalue weighted by Crippen LogP contribution is -2.20. The van der Waals surface area contributed by atoms with Gasteiger partial charge in [0, 0.05) is 12.4 Å². The molecule has 0 saturated heterocycles. The molecule has 2 aromatic rings. The standard InChI is InChI=1S/C14H16N2O3/c1-11(10-16-9-3-8-15-16)19-14(17)12-4-6-13(18-2)7-5-12/h3-9,11H,10H2,1-2H3/t11-/m1/s1. The first kappa shape index (κ1) is 13.1. The Bertz CT molecular complexity index is 520. The van der Waals surface area contributed by atoms with Crippen molar-refractivity contribution in [1.29, 1.82) is 0 Å². The molecule has 5 heteroatoms. The van der Waals surface area contributed by atoms with Crippen LogP contribution in [0.4, 0.5) is 0 Å². The highest BCUT2D eigenvalue weighted by Crippen LogP contribution is 2.13. The second kappa shape index (κ2) is 6.04. The predicted octanol–water partition coefficient (Wildman–Crippen LogP) is 2.14. The minimum absolute atomic E-state index is 0.241. The molecule has 1 aromatic heterocycles. The number of hydrogen-bond acceptors (Lipinski definition) is 4. The predicted molar refractivity (Wildman–Crippen MR) is 70.1 cm³/mol. The lowest BCUT2D eigenvalue weighted by Gasteiger charge is -2.13. The van der Waals surface area contributed by atoms with Gasteiger partial charge in [0.25, 0.3) is 0 Å². The summed E-state index contributed by atoms with van der Waals surface area (Å²) in [6, 6.07) is 8.66. The fourth-order valence-corrected chi connectivity index (χ4v) is 1.69. The molecule has 1 atom stereocenters. The van der Waals surface area contributed by atoms with Crippen molar-refractivity contribution in [2.45, 2.75) is 19.6 Å². The van der Waals surface area contributed by atoms with Gasteiger partial charge in [0.1, 0.15) is 11.9 Å². The van der Waals surface area contributed by atoms with Crippen LogP contribution in [-0.4, -0.2) is 29.0 Å². The summed E-state index contributed by atoms with van der Waals surface area (Å²) in [5.74, 6) is 0.364. The Hall–Kier alpha value is -2.30. The van der Waals surface area contributed by atoms with Crippen molar-refractivity contribution in [2.24, 2.45) is 0 Å². The van der Waals surface area contributed by atoms with E-state index < -0.39 is 0 Å². The van der Waals surface area contributed by atoms with Gasteiger partial charge in [-0.15, -0.1) is 0 Å². The van der Waals surface area contributed by atoms with Gasteiger partial charge in [-0.05, 0) is 37.3 Å². The van der Waals surface area contributed by atoms with Crippen LogP contribution in [0, 0.1) is 0 Å². The summed E-state index contributed by atoms with van der Waals surface area (Å²) in [4.78, 5) is 11.9. The second-order valence-electron chi connectivity index (χ2n) is 4.17. The topological polar surface area (TPSA) is 53.4 Å². The highest BCUT2D eigenvalue weighted by molar-refractivity contribution is 5.89. The van der Waals surface area contributed by atoms with E-state index in [1.807, 2.05) is 19.2 Å². The first-order valence-electron chi connectivity index (χ1n) is 6.01. The monoisotopic (exact) mass is 260 g/mol. The van der Waals surface area contributed by atoms with Crippen LogP contribution in [0.5, 0.6) is 5.75 Å². The van der Waals surface area contributed by atoms with Crippen LogP contribution in [-0.2, 0) is 11.3 Å². The zero-order valence-corrected chi connectivity index (χ0v) is 10.9. The van der Waals surface area contributed by atoms with E-state index in [1.165, 1.54) is 0 Å². The summed E-state index contributed by atoms with van der Waals surface area (Å²) in [7, 11) is 1.58. The van der Waals surface area contributed by atoms with Gasteiger partial charge in [-0.3, -0.25) is 4.68 Å². The van der Waals surface area contributed by atoms with Gasteiger partial charge in [-0.1, -0.05) is 0 Å². The van der Waals surface area contributed by atoms with Gasteiger partial charge in [-0.2, -0.15) is 5.10 Å². The van der Waals surface area contributed by atoms with Crippen LogP contribution in [0.25, 0.3) is 0 Å². The molecule has 0 radical (unpaired) electrons. The number of methoxy groups -OCH3 is 1. The molecule has 0 amide bonds. The zero-order chi connectivity index (χ0) is 13.7. The van der Waals surface area contributed by atoms with Crippen molar-refractivity contribution in [1.82, 2.24) is 9.78 Å². The molecule has 0 spiro atoms. The summed E-state index contributed by atoms with van der Waals surface area (Å²) in [6.45, 7) is 2.37. The molecule has 1 aromatic carbocycles. The average molecular weight is 260 g/mol. The van der Waals surface area contributed by atoms with Crippen LogP contribution >= 0.6 is 0 Å². The third-order valence-electron chi connectivity index (χ3n) is 2.64. The Kier molecular flexibility index (Phi) is 4.18. The Labute approximate surface area is 111 Å². The van der Waals surface area contributed by atoms with E-state index in [2.05, 4.69) is 5.10 Å². The van der Waals surface area contributed by atoms with Crippen LogP contribution in [0.3, 0.4) is 0 Å². The zero-order valence-electron chi connectivity index (χ0n) is 10.9. The second-order valence-corrected chi connectivity index (χ2v) is 4.17. The smallest absolute Gasteiger partial charge is 0.338 e. The van der Waals surface area contributed by atoms with Crippen LogP contribution in [0.1, 0.15) is 17.3 Å². The molecule has 0 fully saturated rings. The minimum Gasteiger partial charge on any atom is -0.497 e. The van der Waals surface area contributed by atoms with Crippen molar-refractivity contribution in [2.75, 3.05) is 7.11 Å². The highest BCUT2D eigenvalue weighted by Gasteiger charge is 2.12. The normalized spacial score (nSPS) is 11.9. The Morgan fingerprint density at radius 1 is 1.37 bits per heavy atom. The largest absolute Gasteiger partial charge is 0.497 e. The molecule has 1 heterocycles. The molecule has 0 saturated carbocycles. The molecule has 100 valence electrons. The lowest BCUT2D eigenvalue weighted by atomic mass is 10.2. The van der Waals surface area contributed by atoms with Gasteiger partial charge in [0.05, 0.1) is 19.2 Å². The third-order valence-corrected chi connectivity index (χ3v) is 2.64. The molecule has 0 aliphatic heterocycles. The van der Waals surface area contributed by atoms with Crippen molar-refractivity contribution in [3.8, 4) is 5.75 Å². The number of carbonyl (C=O) groups excluding carboxylic acids is 1.